The maximum Gasteiger partial charge on any atom is 0.122 e. The summed E-state index contributed by atoms with van der Waals surface area (Å²) in [5.41, 5.74) is 2.52. The number of benzene rings is 1. The molecule has 2 heteroatoms. The first-order chi connectivity index (χ1) is 10.3. The van der Waals surface area contributed by atoms with Gasteiger partial charge >= 0.3 is 0 Å². The molecule has 0 aromatic heterocycles. The number of hydrogen-bond donors (Lipinski definition) is 1. The Hall–Kier alpha value is -1.02. The van der Waals surface area contributed by atoms with Gasteiger partial charge in [0.25, 0.3) is 0 Å². The third-order valence-electron chi connectivity index (χ3n) is 4.59. The Morgan fingerprint density at radius 2 is 1.71 bits per heavy atom. The summed E-state index contributed by atoms with van der Waals surface area (Å²) in [5, 5.41) is 0. The summed E-state index contributed by atoms with van der Waals surface area (Å²) in [6, 6.07) is 6.44. The van der Waals surface area contributed by atoms with Crippen molar-refractivity contribution in [1.29, 1.82) is 0 Å². The zero-order valence-electron chi connectivity index (χ0n) is 13.9. The second kappa shape index (κ2) is 9.09. The van der Waals surface area contributed by atoms with Crippen LogP contribution in [0.25, 0.3) is 0 Å². The number of hydrogen-bond acceptors (Lipinski definition) is 1. The van der Waals surface area contributed by atoms with E-state index in [9.17, 15) is 0 Å². The highest BCUT2D eigenvalue weighted by molar-refractivity contribution is 5.35. The molecular formula is C19H32NO+. The number of ether oxygens (including phenoxy) is 1. The van der Waals surface area contributed by atoms with E-state index in [0.717, 1.165) is 12.4 Å². The molecule has 1 aliphatic rings. The average molecular weight is 290 g/mol. The van der Waals surface area contributed by atoms with Gasteiger partial charge in [0.1, 0.15) is 5.75 Å². The monoisotopic (exact) mass is 290 g/mol. The van der Waals surface area contributed by atoms with Crippen molar-refractivity contribution < 1.29 is 9.64 Å². The molecule has 1 aromatic rings. The van der Waals surface area contributed by atoms with Gasteiger partial charge in [0, 0.05) is 0 Å². The molecule has 0 amide bonds. The van der Waals surface area contributed by atoms with Gasteiger partial charge in [0.05, 0.1) is 26.2 Å². The number of unbranched alkanes of at least 4 members (excludes halogenated alkanes) is 3. The van der Waals surface area contributed by atoms with Crippen LogP contribution in [0.3, 0.4) is 0 Å². The zero-order valence-corrected chi connectivity index (χ0v) is 13.9. The quantitative estimate of drug-likeness (QED) is 0.725. The number of aryl methyl sites for hydroxylation is 2. The molecule has 0 unspecified atom stereocenters. The molecule has 1 heterocycles. The Kier molecular flexibility index (Phi) is 7.08. The van der Waals surface area contributed by atoms with Crippen LogP contribution < -0.4 is 9.64 Å². The van der Waals surface area contributed by atoms with Crippen molar-refractivity contribution in [1.82, 2.24) is 0 Å². The number of likely N-dealkylation sites (tertiary alicyclic amines) is 1. The lowest BCUT2D eigenvalue weighted by molar-refractivity contribution is -0.905. The molecular weight excluding hydrogens is 258 g/mol. The maximum atomic E-state index is 5.91. The van der Waals surface area contributed by atoms with Gasteiger partial charge in [-0.25, -0.2) is 0 Å². The van der Waals surface area contributed by atoms with Gasteiger partial charge in [-0.1, -0.05) is 12.1 Å². The Bertz CT molecular complexity index is 410. The van der Waals surface area contributed by atoms with Crippen molar-refractivity contribution in [3.05, 3.63) is 29.3 Å². The minimum atomic E-state index is 0.862. The van der Waals surface area contributed by atoms with Crippen LogP contribution in [0.5, 0.6) is 5.75 Å². The molecule has 0 aliphatic carbocycles. The summed E-state index contributed by atoms with van der Waals surface area (Å²) in [7, 11) is 0. The average Bonchev–Trinajstić information content (AvgIpc) is 2.50. The van der Waals surface area contributed by atoms with Gasteiger partial charge < -0.3 is 9.64 Å². The molecule has 0 spiro atoms. The van der Waals surface area contributed by atoms with Gasteiger partial charge in [-0.05, 0) is 76.0 Å². The highest BCUT2D eigenvalue weighted by Gasteiger charge is 2.12. The number of nitrogens with one attached hydrogen (secondary N) is 1. The highest BCUT2D eigenvalue weighted by atomic mass is 16.5. The Morgan fingerprint density at radius 3 is 2.52 bits per heavy atom. The number of rotatable bonds is 8. The van der Waals surface area contributed by atoms with E-state index in [1.54, 1.807) is 0 Å². The predicted molar refractivity (Wildman–Crippen MR) is 89.3 cm³/mol. The van der Waals surface area contributed by atoms with E-state index in [1.807, 2.05) is 4.90 Å². The lowest BCUT2D eigenvalue weighted by atomic mass is 10.1. The van der Waals surface area contributed by atoms with Gasteiger partial charge in [0.2, 0.25) is 0 Å². The molecule has 1 fully saturated rings. The Labute approximate surface area is 130 Å². The molecule has 0 atom stereocenters. The molecule has 0 saturated carbocycles. The normalized spacial score (nSPS) is 16.1. The van der Waals surface area contributed by atoms with Crippen molar-refractivity contribution in [3.8, 4) is 5.75 Å². The first kappa shape index (κ1) is 16.4. The van der Waals surface area contributed by atoms with Gasteiger partial charge in [-0.3, -0.25) is 0 Å². The van der Waals surface area contributed by atoms with E-state index >= 15 is 0 Å². The maximum absolute atomic E-state index is 5.91. The van der Waals surface area contributed by atoms with Crippen LogP contribution in [0.4, 0.5) is 0 Å². The topological polar surface area (TPSA) is 13.7 Å². The first-order valence-electron chi connectivity index (χ1n) is 8.79. The molecule has 2 rings (SSSR count). The molecule has 1 aliphatic heterocycles. The van der Waals surface area contributed by atoms with E-state index in [-0.39, 0.29) is 0 Å². The predicted octanol–water partition coefficient (Wildman–Crippen LogP) is 3.31. The Morgan fingerprint density at radius 1 is 0.952 bits per heavy atom. The number of piperidine rings is 1. The minimum absolute atomic E-state index is 0.862. The fourth-order valence-electron chi connectivity index (χ4n) is 3.18. The molecule has 21 heavy (non-hydrogen) atoms. The molecule has 0 bridgehead atoms. The summed E-state index contributed by atoms with van der Waals surface area (Å²) in [4.78, 5) is 1.84. The molecule has 118 valence electrons. The van der Waals surface area contributed by atoms with Gasteiger partial charge in [-0.15, -0.1) is 0 Å². The molecule has 0 radical (unpaired) electrons. The van der Waals surface area contributed by atoms with Crippen molar-refractivity contribution in [2.45, 2.75) is 58.8 Å². The van der Waals surface area contributed by atoms with E-state index in [2.05, 4.69) is 32.0 Å². The first-order valence-corrected chi connectivity index (χ1v) is 8.79. The fraction of sp³-hybridized carbons (Fsp3) is 0.684. The molecule has 1 saturated heterocycles. The van der Waals surface area contributed by atoms with E-state index in [4.69, 9.17) is 4.74 Å². The van der Waals surface area contributed by atoms with Crippen LogP contribution in [0, 0.1) is 13.8 Å². The fourth-order valence-corrected chi connectivity index (χ4v) is 3.18. The van der Waals surface area contributed by atoms with Crippen LogP contribution in [0.15, 0.2) is 18.2 Å². The van der Waals surface area contributed by atoms with Gasteiger partial charge in [-0.2, -0.15) is 0 Å². The largest absolute Gasteiger partial charge is 0.493 e. The van der Waals surface area contributed by atoms with E-state index in [0.29, 0.717) is 0 Å². The third kappa shape index (κ3) is 6.09. The van der Waals surface area contributed by atoms with Crippen molar-refractivity contribution in [2.24, 2.45) is 0 Å². The van der Waals surface area contributed by atoms with Crippen molar-refractivity contribution in [2.75, 3.05) is 26.2 Å². The zero-order chi connectivity index (χ0) is 14.9. The van der Waals surface area contributed by atoms with Crippen molar-refractivity contribution in [3.63, 3.8) is 0 Å². The minimum Gasteiger partial charge on any atom is -0.493 e. The van der Waals surface area contributed by atoms with Crippen LogP contribution >= 0.6 is 0 Å². The van der Waals surface area contributed by atoms with Crippen LogP contribution in [-0.4, -0.2) is 26.2 Å². The summed E-state index contributed by atoms with van der Waals surface area (Å²) < 4.78 is 5.91. The number of quaternary nitrogens is 1. The summed E-state index contributed by atoms with van der Waals surface area (Å²) >= 11 is 0. The van der Waals surface area contributed by atoms with Crippen LogP contribution in [-0.2, 0) is 0 Å². The SMILES string of the molecule is Cc1ccc(C)c(OCCCCCC[NH+]2CCCCC2)c1. The van der Waals surface area contributed by atoms with Crippen molar-refractivity contribution >= 4 is 0 Å². The summed E-state index contributed by atoms with van der Waals surface area (Å²) in [6.07, 6.45) is 9.58. The standard InChI is InChI=1S/C19H31NO/c1-17-10-11-18(2)19(16-17)21-15-9-4-3-6-12-20-13-7-5-8-14-20/h10-11,16H,3-9,12-15H2,1-2H3/p+1. The highest BCUT2D eigenvalue weighted by Crippen LogP contribution is 2.19. The smallest absolute Gasteiger partial charge is 0.122 e. The lowest BCUT2D eigenvalue weighted by Gasteiger charge is -2.23. The molecule has 1 aromatic carbocycles. The van der Waals surface area contributed by atoms with Gasteiger partial charge in [0.15, 0.2) is 0 Å². The lowest BCUT2D eigenvalue weighted by Crippen LogP contribution is -3.12. The Balaban J connectivity index is 1.51. The van der Waals surface area contributed by atoms with Crippen LogP contribution in [0.2, 0.25) is 0 Å². The summed E-state index contributed by atoms with van der Waals surface area (Å²) in [5.74, 6) is 1.06. The summed E-state index contributed by atoms with van der Waals surface area (Å²) in [6.45, 7) is 9.32. The van der Waals surface area contributed by atoms with E-state index < -0.39 is 0 Å². The molecule has 1 N–H and O–H groups in total. The van der Waals surface area contributed by atoms with E-state index in [1.165, 1.54) is 75.7 Å². The third-order valence-corrected chi connectivity index (χ3v) is 4.59. The molecule has 2 nitrogen and oxygen atoms in total. The van der Waals surface area contributed by atoms with Crippen LogP contribution in [0.1, 0.15) is 56.1 Å². The second-order valence-corrected chi connectivity index (χ2v) is 6.59. The second-order valence-electron chi connectivity index (χ2n) is 6.59.